The summed E-state index contributed by atoms with van der Waals surface area (Å²) in [6.07, 6.45) is 5.50. The van der Waals surface area contributed by atoms with E-state index in [9.17, 15) is 9.59 Å². The summed E-state index contributed by atoms with van der Waals surface area (Å²) in [4.78, 5) is 34.0. The predicted molar refractivity (Wildman–Crippen MR) is 110 cm³/mol. The molecule has 0 saturated heterocycles. The van der Waals surface area contributed by atoms with Gasteiger partial charge in [-0.05, 0) is 46.5 Å². The molecule has 0 aliphatic carbocycles. The maximum Gasteiger partial charge on any atom is 0.261 e. The van der Waals surface area contributed by atoms with Gasteiger partial charge in [0.2, 0.25) is 0 Å². The minimum atomic E-state index is -0.570. The number of nitrogens with zero attached hydrogens (tertiary/aromatic N) is 2. The molecule has 5 nitrogen and oxygen atoms in total. The molecule has 2 heterocycles. The number of hydrogen-bond acceptors (Lipinski definition) is 5. The summed E-state index contributed by atoms with van der Waals surface area (Å²) < 4.78 is 0.823. The van der Waals surface area contributed by atoms with Crippen LogP contribution >= 0.6 is 27.3 Å². The van der Waals surface area contributed by atoms with Crippen molar-refractivity contribution < 1.29 is 9.59 Å². The van der Waals surface area contributed by atoms with E-state index in [0.717, 1.165) is 33.2 Å². The van der Waals surface area contributed by atoms with Gasteiger partial charge in [-0.1, -0.05) is 31.2 Å². The van der Waals surface area contributed by atoms with E-state index in [-0.39, 0.29) is 5.91 Å². The van der Waals surface area contributed by atoms with Crippen LogP contribution in [-0.2, 0) is 17.6 Å². The molecule has 0 radical (unpaired) electrons. The maximum atomic E-state index is 12.3. The maximum absolute atomic E-state index is 12.3. The van der Waals surface area contributed by atoms with Crippen LogP contribution in [0.15, 0.2) is 53.3 Å². The summed E-state index contributed by atoms with van der Waals surface area (Å²) in [6.45, 7) is 2.05. The number of rotatable bonds is 7. The smallest absolute Gasteiger partial charge is 0.261 e. The normalized spacial score (nSPS) is 11.8. The van der Waals surface area contributed by atoms with Gasteiger partial charge in [0.15, 0.2) is 5.82 Å². The summed E-state index contributed by atoms with van der Waals surface area (Å²) in [5.41, 5.74) is 1.84. The van der Waals surface area contributed by atoms with Crippen LogP contribution in [0, 0.1) is 0 Å². The molecule has 3 aromatic rings. The van der Waals surface area contributed by atoms with Gasteiger partial charge in [-0.2, -0.15) is 0 Å². The summed E-state index contributed by atoms with van der Waals surface area (Å²) in [5, 5.41) is 2.79. The number of amides is 1. The quantitative estimate of drug-likeness (QED) is 0.558. The number of hydrogen-bond donors (Lipinski definition) is 1. The molecule has 2 aromatic heterocycles. The van der Waals surface area contributed by atoms with Crippen molar-refractivity contribution in [3.8, 4) is 11.4 Å². The summed E-state index contributed by atoms with van der Waals surface area (Å²) in [6, 6.07) is 10.8. The zero-order valence-electron chi connectivity index (χ0n) is 14.7. The number of aromatic nitrogens is 2. The minimum Gasteiger partial charge on any atom is -0.341 e. The number of aryl methyl sites for hydroxylation is 1. The molecule has 0 saturated carbocycles. The molecule has 0 bridgehead atoms. The van der Waals surface area contributed by atoms with Crippen LogP contribution in [0.5, 0.6) is 0 Å². The van der Waals surface area contributed by atoms with Gasteiger partial charge in [0.1, 0.15) is 6.29 Å². The van der Waals surface area contributed by atoms with Crippen LogP contribution in [0.25, 0.3) is 11.4 Å². The number of benzene rings is 1. The molecule has 1 amide bonds. The lowest BCUT2D eigenvalue weighted by Gasteiger charge is -2.12. The van der Waals surface area contributed by atoms with Crippen LogP contribution in [0.3, 0.4) is 0 Å². The van der Waals surface area contributed by atoms with Gasteiger partial charge in [0.25, 0.3) is 5.91 Å². The molecule has 0 aliphatic heterocycles. The highest BCUT2D eigenvalue weighted by atomic mass is 79.9. The van der Waals surface area contributed by atoms with Gasteiger partial charge in [-0.3, -0.25) is 4.79 Å². The van der Waals surface area contributed by atoms with E-state index in [1.54, 1.807) is 18.5 Å². The predicted octanol–water partition coefficient (Wildman–Crippen LogP) is 4.07. The summed E-state index contributed by atoms with van der Waals surface area (Å²) >= 11 is 4.77. The Bertz CT molecular complexity index is 923. The van der Waals surface area contributed by atoms with E-state index in [2.05, 4.69) is 31.2 Å². The number of halogens is 1. The molecule has 1 N–H and O–H groups in total. The first kappa shape index (κ1) is 19.4. The van der Waals surface area contributed by atoms with E-state index in [1.807, 2.05) is 37.3 Å². The van der Waals surface area contributed by atoms with E-state index < -0.39 is 6.04 Å². The number of nitrogens with one attached hydrogen (secondary N) is 1. The lowest BCUT2D eigenvalue weighted by Crippen LogP contribution is -2.37. The molecule has 138 valence electrons. The molecule has 7 heteroatoms. The Morgan fingerprint density at radius 3 is 2.48 bits per heavy atom. The third-order valence-electron chi connectivity index (χ3n) is 4.00. The molecule has 0 fully saturated rings. The third-order valence-corrected chi connectivity index (χ3v) is 5.64. The SMILES string of the molecule is CCc1ccc(C(=O)N[C@H](C=O)Cc2ccc(-c3ncc(Br)cn3)cc2)s1. The van der Waals surface area contributed by atoms with Gasteiger partial charge in [-0.15, -0.1) is 11.3 Å². The first-order chi connectivity index (χ1) is 13.1. The lowest BCUT2D eigenvalue weighted by molar-refractivity contribution is -0.109. The molecule has 0 spiro atoms. The number of carbonyl (C=O) groups excluding carboxylic acids is 2. The highest BCUT2D eigenvalue weighted by Crippen LogP contribution is 2.19. The second-order valence-corrected chi connectivity index (χ2v) is 8.05. The number of aldehydes is 1. The van der Waals surface area contributed by atoms with Crippen molar-refractivity contribution in [3.05, 3.63) is 68.6 Å². The van der Waals surface area contributed by atoms with Gasteiger partial charge in [0.05, 0.1) is 15.4 Å². The number of thiophene rings is 1. The first-order valence-electron chi connectivity index (χ1n) is 8.50. The van der Waals surface area contributed by atoms with Crippen molar-refractivity contribution in [2.24, 2.45) is 0 Å². The second kappa shape index (κ2) is 9.01. The minimum absolute atomic E-state index is 0.211. The molecular weight excluding hydrogens is 426 g/mol. The average Bonchev–Trinajstić information content (AvgIpc) is 3.18. The fourth-order valence-electron chi connectivity index (χ4n) is 2.57. The number of carbonyl (C=O) groups is 2. The average molecular weight is 444 g/mol. The van der Waals surface area contributed by atoms with Gasteiger partial charge >= 0.3 is 0 Å². The third kappa shape index (κ3) is 5.08. The molecule has 1 atom stereocenters. The van der Waals surface area contributed by atoms with Gasteiger partial charge in [-0.25, -0.2) is 9.97 Å². The fraction of sp³-hybridized carbons (Fsp3) is 0.200. The summed E-state index contributed by atoms with van der Waals surface area (Å²) in [7, 11) is 0. The molecule has 0 unspecified atom stereocenters. The Morgan fingerprint density at radius 2 is 1.89 bits per heavy atom. The van der Waals surface area contributed by atoms with Crippen molar-refractivity contribution in [1.29, 1.82) is 0 Å². The van der Waals surface area contributed by atoms with Crippen LogP contribution in [0.2, 0.25) is 0 Å². The van der Waals surface area contributed by atoms with Crippen molar-refractivity contribution >= 4 is 39.5 Å². The van der Waals surface area contributed by atoms with Crippen molar-refractivity contribution in [3.63, 3.8) is 0 Å². The molecular formula is C20H18BrN3O2S. The Hall–Kier alpha value is -2.38. The Labute approximate surface area is 170 Å². The first-order valence-corrected chi connectivity index (χ1v) is 10.1. The Kier molecular flexibility index (Phi) is 6.47. The topological polar surface area (TPSA) is 72.0 Å². The van der Waals surface area contributed by atoms with Crippen LogP contribution in [0.4, 0.5) is 0 Å². The van der Waals surface area contributed by atoms with E-state index >= 15 is 0 Å². The molecule has 1 aromatic carbocycles. The van der Waals surface area contributed by atoms with Gasteiger partial charge < -0.3 is 10.1 Å². The zero-order chi connectivity index (χ0) is 19.2. The van der Waals surface area contributed by atoms with Crippen molar-refractivity contribution in [2.75, 3.05) is 0 Å². The Morgan fingerprint density at radius 1 is 1.19 bits per heavy atom. The lowest BCUT2D eigenvalue weighted by atomic mass is 10.0. The van der Waals surface area contributed by atoms with Crippen LogP contribution < -0.4 is 5.32 Å². The van der Waals surface area contributed by atoms with Crippen molar-refractivity contribution in [1.82, 2.24) is 15.3 Å². The zero-order valence-corrected chi connectivity index (χ0v) is 17.1. The molecule has 3 rings (SSSR count). The molecule has 27 heavy (non-hydrogen) atoms. The van der Waals surface area contributed by atoms with E-state index in [1.165, 1.54) is 11.3 Å². The van der Waals surface area contributed by atoms with E-state index in [4.69, 9.17) is 0 Å². The fourth-order valence-corrected chi connectivity index (χ4v) is 3.62. The molecule has 0 aliphatic rings. The standard InChI is InChI=1S/C20H18BrN3O2S/c1-2-17-7-8-18(27-17)20(26)24-16(12-25)9-13-3-5-14(6-4-13)19-22-10-15(21)11-23-19/h3-8,10-12,16H,2,9H2,1H3,(H,24,26)/t16-/m0/s1. The largest absolute Gasteiger partial charge is 0.341 e. The van der Waals surface area contributed by atoms with Crippen LogP contribution in [0.1, 0.15) is 27.0 Å². The van der Waals surface area contributed by atoms with Crippen LogP contribution in [-0.4, -0.2) is 28.2 Å². The van der Waals surface area contributed by atoms with Crippen molar-refractivity contribution in [2.45, 2.75) is 25.8 Å². The second-order valence-electron chi connectivity index (χ2n) is 5.96. The monoisotopic (exact) mass is 443 g/mol. The highest BCUT2D eigenvalue weighted by Gasteiger charge is 2.15. The Balaban J connectivity index is 1.64. The highest BCUT2D eigenvalue weighted by molar-refractivity contribution is 9.10. The summed E-state index contributed by atoms with van der Waals surface area (Å²) in [5.74, 6) is 0.422. The van der Waals surface area contributed by atoms with Gasteiger partial charge in [0, 0.05) is 22.8 Å². The van der Waals surface area contributed by atoms with E-state index in [0.29, 0.717) is 17.1 Å².